The Labute approximate surface area is 222 Å². The van der Waals surface area contributed by atoms with E-state index in [2.05, 4.69) is 15.3 Å². The van der Waals surface area contributed by atoms with Gasteiger partial charge in [0.2, 0.25) is 0 Å². The quantitative estimate of drug-likeness (QED) is 0.264. The third kappa shape index (κ3) is 7.78. The van der Waals surface area contributed by atoms with E-state index in [0.717, 1.165) is 29.0 Å². The molecule has 4 aromatic rings. The van der Waals surface area contributed by atoms with Crippen molar-refractivity contribution in [2.45, 2.75) is 19.1 Å². The molecule has 8 nitrogen and oxygen atoms in total. The normalized spacial score (nSPS) is 11.7. The van der Waals surface area contributed by atoms with E-state index in [-0.39, 0.29) is 6.42 Å². The molecule has 3 aromatic carbocycles. The number of aromatic nitrogens is 2. The highest BCUT2D eigenvalue weighted by molar-refractivity contribution is 5.78. The van der Waals surface area contributed by atoms with Gasteiger partial charge in [-0.1, -0.05) is 48.5 Å². The van der Waals surface area contributed by atoms with Crippen molar-refractivity contribution in [3.63, 3.8) is 0 Å². The van der Waals surface area contributed by atoms with Crippen LogP contribution in [0.5, 0.6) is 11.5 Å². The molecular formula is C30H32N4O4. The molecule has 1 unspecified atom stereocenters. The SMILES string of the molecule is CN(C)CCOc1ccccc1CC(Nc1cc(-c2ccc(OCc3ccccc3)cc2)ncn1)C(=O)O. The number of benzene rings is 3. The maximum Gasteiger partial charge on any atom is 0.326 e. The summed E-state index contributed by atoms with van der Waals surface area (Å²) in [7, 11) is 3.95. The fourth-order valence-corrected chi connectivity index (χ4v) is 3.81. The van der Waals surface area contributed by atoms with Gasteiger partial charge < -0.3 is 24.8 Å². The van der Waals surface area contributed by atoms with E-state index in [1.165, 1.54) is 6.33 Å². The number of ether oxygens (including phenoxy) is 2. The molecule has 0 aliphatic carbocycles. The average Bonchev–Trinajstić information content (AvgIpc) is 2.93. The summed E-state index contributed by atoms with van der Waals surface area (Å²) in [5.74, 6) is 0.883. The van der Waals surface area contributed by atoms with Crippen LogP contribution in [0.1, 0.15) is 11.1 Å². The van der Waals surface area contributed by atoms with Gasteiger partial charge >= 0.3 is 5.97 Å². The Bertz CT molecular complexity index is 1310. The number of likely N-dealkylation sites (N-methyl/N-ethyl adjacent to an activating group) is 1. The molecule has 0 saturated carbocycles. The number of anilines is 1. The first-order valence-electron chi connectivity index (χ1n) is 12.4. The van der Waals surface area contributed by atoms with Crippen LogP contribution in [0, 0.1) is 0 Å². The van der Waals surface area contributed by atoms with Crippen LogP contribution in [-0.2, 0) is 17.8 Å². The van der Waals surface area contributed by atoms with E-state index in [0.29, 0.717) is 30.5 Å². The number of carboxylic acid groups (broad SMARTS) is 1. The predicted molar refractivity (Wildman–Crippen MR) is 147 cm³/mol. The molecule has 0 saturated heterocycles. The lowest BCUT2D eigenvalue weighted by atomic mass is 10.0. The van der Waals surface area contributed by atoms with Crippen LogP contribution in [0.4, 0.5) is 5.82 Å². The Kier molecular flexibility index (Phi) is 9.26. The molecule has 2 N–H and O–H groups in total. The molecular weight excluding hydrogens is 480 g/mol. The smallest absolute Gasteiger partial charge is 0.326 e. The maximum atomic E-state index is 12.1. The summed E-state index contributed by atoms with van der Waals surface area (Å²) in [6.07, 6.45) is 1.66. The molecule has 0 radical (unpaired) electrons. The van der Waals surface area contributed by atoms with Crippen molar-refractivity contribution in [2.75, 3.05) is 32.6 Å². The summed E-state index contributed by atoms with van der Waals surface area (Å²) in [5.41, 5.74) is 3.45. The Morgan fingerprint density at radius 3 is 2.42 bits per heavy atom. The fraction of sp³-hybridized carbons (Fsp3) is 0.233. The summed E-state index contributed by atoms with van der Waals surface area (Å²) in [4.78, 5) is 22.8. The van der Waals surface area contributed by atoms with Crippen molar-refractivity contribution in [3.05, 3.63) is 102 Å². The summed E-state index contributed by atoms with van der Waals surface area (Å²) >= 11 is 0. The van der Waals surface area contributed by atoms with E-state index < -0.39 is 12.0 Å². The third-order valence-corrected chi connectivity index (χ3v) is 5.88. The van der Waals surface area contributed by atoms with Crippen LogP contribution in [-0.4, -0.2) is 59.2 Å². The molecule has 4 rings (SSSR count). The molecule has 1 heterocycles. The fourth-order valence-electron chi connectivity index (χ4n) is 3.81. The van der Waals surface area contributed by atoms with Gasteiger partial charge in [0.05, 0.1) is 5.69 Å². The minimum atomic E-state index is -0.979. The molecule has 0 amide bonds. The molecule has 0 spiro atoms. The molecule has 8 heteroatoms. The molecule has 1 atom stereocenters. The van der Waals surface area contributed by atoms with Gasteiger partial charge in [0.25, 0.3) is 0 Å². The number of nitrogens with one attached hydrogen (secondary N) is 1. The first-order chi connectivity index (χ1) is 18.5. The second-order valence-electron chi connectivity index (χ2n) is 9.09. The molecule has 0 fully saturated rings. The predicted octanol–water partition coefficient (Wildman–Crippen LogP) is 4.77. The number of para-hydroxylation sites is 1. The maximum absolute atomic E-state index is 12.1. The summed E-state index contributed by atoms with van der Waals surface area (Å²) in [6.45, 7) is 1.77. The van der Waals surface area contributed by atoms with Crippen LogP contribution in [0.2, 0.25) is 0 Å². The lowest BCUT2D eigenvalue weighted by molar-refractivity contribution is -0.137. The highest BCUT2D eigenvalue weighted by atomic mass is 16.5. The van der Waals surface area contributed by atoms with E-state index in [4.69, 9.17) is 9.47 Å². The number of aliphatic carboxylic acids is 1. The van der Waals surface area contributed by atoms with Crippen molar-refractivity contribution in [3.8, 4) is 22.8 Å². The monoisotopic (exact) mass is 512 g/mol. The average molecular weight is 513 g/mol. The van der Waals surface area contributed by atoms with Gasteiger partial charge in [0.1, 0.15) is 42.9 Å². The number of carboxylic acids is 1. The molecule has 0 bridgehead atoms. The first-order valence-corrected chi connectivity index (χ1v) is 12.4. The van der Waals surface area contributed by atoms with Crippen LogP contribution in [0.15, 0.2) is 91.3 Å². The molecule has 196 valence electrons. The van der Waals surface area contributed by atoms with Crippen LogP contribution < -0.4 is 14.8 Å². The Hall–Kier alpha value is -4.43. The molecule has 38 heavy (non-hydrogen) atoms. The third-order valence-electron chi connectivity index (χ3n) is 5.88. The zero-order chi connectivity index (χ0) is 26.7. The summed E-state index contributed by atoms with van der Waals surface area (Å²) in [5, 5.41) is 13.0. The second kappa shape index (κ2) is 13.2. The summed E-state index contributed by atoms with van der Waals surface area (Å²) in [6, 6.07) is 25.9. The number of hydrogen-bond acceptors (Lipinski definition) is 7. The second-order valence-corrected chi connectivity index (χ2v) is 9.09. The van der Waals surface area contributed by atoms with Crippen LogP contribution >= 0.6 is 0 Å². The first kappa shape index (κ1) is 26.6. The lowest BCUT2D eigenvalue weighted by Crippen LogP contribution is -2.32. The van der Waals surface area contributed by atoms with Crippen molar-refractivity contribution < 1.29 is 19.4 Å². The number of rotatable bonds is 13. The van der Waals surface area contributed by atoms with E-state index in [1.54, 1.807) is 6.07 Å². The number of hydrogen-bond donors (Lipinski definition) is 2. The molecule has 0 aliphatic heterocycles. The van der Waals surface area contributed by atoms with Gasteiger partial charge in [-0.25, -0.2) is 14.8 Å². The Morgan fingerprint density at radius 1 is 0.947 bits per heavy atom. The largest absolute Gasteiger partial charge is 0.492 e. The van der Waals surface area contributed by atoms with Crippen LogP contribution in [0.25, 0.3) is 11.3 Å². The van der Waals surface area contributed by atoms with Gasteiger partial charge in [0.15, 0.2) is 0 Å². The standard InChI is InChI=1S/C30H32N4O4/c1-34(2)16-17-37-28-11-7-6-10-24(28)18-27(30(35)36)33-29-19-26(31-21-32-29)23-12-14-25(15-13-23)38-20-22-8-4-3-5-9-22/h3-15,19,21,27H,16-18,20H2,1-2H3,(H,35,36)(H,31,32,33). The van der Waals surface area contributed by atoms with E-state index in [9.17, 15) is 9.90 Å². The minimum absolute atomic E-state index is 0.236. The van der Waals surface area contributed by atoms with Gasteiger partial charge in [0, 0.05) is 24.6 Å². The van der Waals surface area contributed by atoms with E-state index >= 15 is 0 Å². The van der Waals surface area contributed by atoms with Crippen molar-refractivity contribution >= 4 is 11.8 Å². The van der Waals surface area contributed by atoms with Crippen LogP contribution in [0.3, 0.4) is 0 Å². The highest BCUT2D eigenvalue weighted by Crippen LogP contribution is 2.24. The number of nitrogens with zero attached hydrogens (tertiary/aromatic N) is 3. The van der Waals surface area contributed by atoms with Gasteiger partial charge in [-0.15, -0.1) is 0 Å². The van der Waals surface area contributed by atoms with Gasteiger partial charge in [-0.05, 0) is 55.6 Å². The van der Waals surface area contributed by atoms with Crippen molar-refractivity contribution in [2.24, 2.45) is 0 Å². The highest BCUT2D eigenvalue weighted by Gasteiger charge is 2.21. The van der Waals surface area contributed by atoms with Crippen molar-refractivity contribution in [1.29, 1.82) is 0 Å². The topological polar surface area (TPSA) is 96.8 Å². The number of carbonyl (C=O) groups is 1. The van der Waals surface area contributed by atoms with Gasteiger partial charge in [-0.2, -0.15) is 0 Å². The van der Waals surface area contributed by atoms with Crippen molar-refractivity contribution in [1.82, 2.24) is 14.9 Å². The Balaban J connectivity index is 1.42. The molecule has 1 aromatic heterocycles. The van der Waals surface area contributed by atoms with E-state index in [1.807, 2.05) is 97.9 Å². The van der Waals surface area contributed by atoms with Gasteiger partial charge in [-0.3, -0.25) is 0 Å². The Morgan fingerprint density at radius 2 is 1.68 bits per heavy atom. The zero-order valence-electron chi connectivity index (χ0n) is 21.6. The zero-order valence-corrected chi connectivity index (χ0v) is 21.6. The lowest BCUT2D eigenvalue weighted by Gasteiger charge is -2.18. The molecule has 0 aliphatic rings. The minimum Gasteiger partial charge on any atom is -0.492 e. The summed E-state index contributed by atoms with van der Waals surface area (Å²) < 4.78 is 11.8.